The summed E-state index contributed by atoms with van der Waals surface area (Å²) in [6, 6.07) is 17.1. The van der Waals surface area contributed by atoms with Crippen LogP contribution in [-0.4, -0.2) is 56.4 Å². The number of ether oxygens (including phenoxy) is 6. The molecule has 0 atom stereocenters. The highest BCUT2D eigenvalue weighted by Gasteiger charge is 2.36. The highest BCUT2D eigenvalue weighted by molar-refractivity contribution is 5.94. The molecule has 0 bridgehead atoms. The number of rotatable bonds is 20. The highest BCUT2D eigenvalue weighted by atomic mass is 16.6. The second-order valence-corrected chi connectivity index (χ2v) is 15.3. The standard InChI is InChI=1S/C47H56O10/c1-7-33-28-37(19-22-42(33)53-25-26-55-44(49)31(2)3)57-46(51)34-17-20-38-39-21-18-36(30-41(39)47(5,6)40(38)29-34)52-23-13-8-9-14-24-54-45(50)32(4)27-43(48)56-35-15-11-10-12-16-35/h17-22,28-30,35H,2,4,7-16,23-27H2,1,3,5-6H3. The van der Waals surface area contributed by atoms with Crippen LogP contribution in [0.5, 0.6) is 17.2 Å². The van der Waals surface area contributed by atoms with Crippen LogP contribution in [0.25, 0.3) is 11.1 Å². The van der Waals surface area contributed by atoms with Crippen molar-refractivity contribution in [1.82, 2.24) is 0 Å². The molecule has 5 rings (SSSR count). The second-order valence-electron chi connectivity index (χ2n) is 15.3. The summed E-state index contributed by atoms with van der Waals surface area (Å²) >= 11 is 0. The molecule has 2 aliphatic carbocycles. The van der Waals surface area contributed by atoms with Gasteiger partial charge >= 0.3 is 23.9 Å². The molecule has 0 radical (unpaired) electrons. The summed E-state index contributed by atoms with van der Waals surface area (Å²) in [6.07, 6.45) is 8.90. The lowest BCUT2D eigenvalue weighted by molar-refractivity contribution is -0.151. The van der Waals surface area contributed by atoms with Crippen LogP contribution < -0.4 is 14.2 Å². The van der Waals surface area contributed by atoms with Gasteiger partial charge in [0.05, 0.1) is 25.2 Å². The summed E-state index contributed by atoms with van der Waals surface area (Å²) in [5, 5.41) is 0. The zero-order valence-corrected chi connectivity index (χ0v) is 33.9. The summed E-state index contributed by atoms with van der Waals surface area (Å²) in [4.78, 5) is 49.4. The molecule has 0 aliphatic heterocycles. The van der Waals surface area contributed by atoms with Gasteiger partial charge in [0, 0.05) is 16.6 Å². The summed E-state index contributed by atoms with van der Waals surface area (Å²) < 4.78 is 33.7. The smallest absolute Gasteiger partial charge is 0.343 e. The van der Waals surface area contributed by atoms with E-state index in [9.17, 15) is 19.2 Å². The monoisotopic (exact) mass is 780 g/mol. The Morgan fingerprint density at radius 3 is 2.11 bits per heavy atom. The van der Waals surface area contributed by atoms with Gasteiger partial charge in [-0.2, -0.15) is 0 Å². The van der Waals surface area contributed by atoms with E-state index in [-0.39, 0.29) is 43.3 Å². The lowest BCUT2D eigenvalue weighted by atomic mass is 9.82. The SMILES string of the molecule is C=C(C)C(=O)OCCOc1ccc(OC(=O)c2ccc3c(c2)C(C)(C)c2cc(OCCCCCCOC(=O)C(=C)CC(=O)OC4CCCCC4)ccc2-3)cc1CC. The van der Waals surface area contributed by atoms with Crippen molar-refractivity contribution in [2.75, 3.05) is 26.4 Å². The number of carbonyl (C=O) groups is 4. The summed E-state index contributed by atoms with van der Waals surface area (Å²) in [6.45, 7) is 16.3. The molecule has 304 valence electrons. The number of carbonyl (C=O) groups excluding carboxylic acids is 4. The largest absolute Gasteiger partial charge is 0.494 e. The Morgan fingerprint density at radius 1 is 0.719 bits per heavy atom. The first kappa shape index (κ1) is 42.8. The number of esters is 4. The van der Waals surface area contributed by atoms with Crippen molar-refractivity contribution in [2.24, 2.45) is 0 Å². The molecule has 57 heavy (non-hydrogen) atoms. The molecule has 10 heteroatoms. The van der Waals surface area contributed by atoms with Crippen LogP contribution in [0.4, 0.5) is 0 Å². The van der Waals surface area contributed by atoms with Crippen molar-refractivity contribution in [3.8, 4) is 28.4 Å². The third kappa shape index (κ3) is 11.6. The van der Waals surface area contributed by atoms with Gasteiger partial charge in [-0.05, 0) is 135 Å². The van der Waals surface area contributed by atoms with E-state index in [0.717, 1.165) is 78.5 Å². The van der Waals surface area contributed by atoms with Crippen LogP contribution in [0.2, 0.25) is 0 Å². The second kappa shape index (κ2) is 20.2. The van der Waals surface area contributed by atoms with Crippen molar-refractivity contribution < 1.29 is 47.6 Å². The molecule has 0 heterocycles. The number of hydrogen-bond donors (Lipinski definition) is 0. The van der Waals surface area contributed by atoms with Gasteiger partial charge in [0.15, 0.2) is 0 Å². The van der Waals surface area contributed by atoms with Gasteiger partial charge < -0.3 is 28.4 Å². The molecule has 2 aliphatic rings. The van der Waals surface area contributed by atoms with E-state index in [0.29, 0.717) is 42.1 Å². The number of benzene rings is 3. The molecule has 1 saturated carbocycles. The zero-order chi connectivity index (χ0) is 41.0. The molecular weight excluding hydrogens is 725 g/mol. The van der Waals surface area contributed by atoms with Crippen molar-refractivity contribution >= 4 is 23.9 Å². The summed E-state index contributed by atoms with van der Waals surface area (Å²) in [7, 11) is 0. The Hall–Kier alpha value is -5.38. The maximum Gasteiger partial charge on any atom is 0.343 e. The van der Waals surface area contributed by atoms with Gasteiger partial charge in [0.25, 0.3) is 0 Å². The predicted molar refractivity (Wildman–Crippen MR) is 218 cm³/mol. The molecule has 0 amide bonds. The maximum atomic E-state index is 13.4. The fraction of sp³-hybridized carbons (Fsp3) is 0.447. The van der Waals surface area contributed by atoms with Crippen LogP contribution in [-0.2, 0) is 40.4 Å². The minimum absolute atomic E-state index is 0.0469. The number of unbranched alkanes of at least 4 members (excludes halogenated alkanes) is 3. The maximum absolute atomic E-state index is 13.4. The Morgan fingerprint density at radius 2 is 1.39 bits per heavy atom. The molecule has 3 aromatic carbocycles. The van der Waals surface area contributed by atoms with Gasteiger partial charge in [-0.1, -0.05) is 52.5 Å². The molecule has 0 spiro atoms. The van der Waals surface area contributed by atoms with Crippen molar-refractivity contribution in [2.45, 2.75) is 110 Å². The van der Waals surface area contributed by atoms with Gasteiger partial charge in [0.1, 0.15) is 36.6 Å². The van der Waals surface area contributed by atoms with Crippen LogP contribution in [0, 0.1) is 0 Å². The summed E-state index contributed by atoms with van der Waals surface area (Å²) in [5.41, 5.74) is 5.76. The molecule has 0 aromatic heterocycles. The molecule has 0 N–H and O–H groups in total. The molecule has 10 nitrogen and oxygen atoms in total. The van der Waals surface area contributed by atoms with Crippen molar-refractivity contribution in [3.05, 3.63) is 101 Å². The Bertz CT molecular complexity index is 1950. The first-order chi connectivity index (χ1) is 27.4. The third-order valence-corrected chi connectivity index (χ3v) is 10.5. The molecule has 1 fully saturated rings. The van der Waals surface area contributed by atoms with E-state index in [1.165, 1.54) is 6.42 Å². The number of hydrogen-bond acceptors (Lipinski definition) is 10. The van der Waals surface area contributed by atoms with E-state index in [1.54, 1.807) is 31.2 Å². The minimum Gasteiger partial charge on any atom is -0.494 e. The number of fused-ring (bicyclic) bond motifs is 3. The molecule has 3 aromatic rings. The van der Waals surface area contributed by atoms with Crippen LogP contribution >= 0.6 is 0 Å². The Kier molecular flexibility index (Phi) is 15.1. The lowest BCUT2D eigenvalue weighted by Gasteiger charge is -2.22. The van der Waals surface area contributed by atoms with Gasteiger partial charge in [-0.3, -0.25) is 4.79 Å². The first-order valence-corrected chi connectivity index (χ1v) is 20.1. The lowest BCUT2D eigenvalue weighted by Crippen LogP contribution is -2.22. The van der Waals surface area contributed by atoms with Gasteiger partial charge in [0.2, 0.25) is 0 Å². The average molecular weight is 781 g/mol. The predicted octanol–water partition coefficient (Wildman–Crippen LogP) is 9.58. The van der Waals surface area contributed by atoms with E-state index in [2.05, 4.69) is 39.1 Å². The molecular formula is C47H56O10. The Labute approximate surface area is 336 Å². The average Bonchev–Trinajstić information content (AvgIpc) is 3.42. The quantitative estimate of drug-likeness (QED) is 0.0360. The normalized spacial score (nSPS) is 14.1. The molecule has 0 saturated heterocycles. The van der Waals surface area contributed by atoms with Crippen LogP contribution in [0.1, 0.15) is 119 Å². The van der Waals surface area contributed by atoms with E-state index in [1.807, 2.05) is 25.1 Å². The van der Waals surface area contributed by atoms with Crippen LogP contribution in [0.3, 0.4) is 0 Å². The van der Waals surface area contributed by atoms with Crippen molar-refractivity contribution in [1.29, 1.82) is 0 Å². The Balaban J connectivity index is 1.04. The fourth-order valence-corrected chi connectivity index (χ4v) is 7.22. The van der Waals surface area contributed by atoms with Crippen LogP contribution in [0.15, 0.2) is 78.9 Å². The van der Waals surface area contributed by atoms with Gasteiger partial charge in [-0.15, -0.1) is 0 Å². The van der Waals surface area contributed by atoms with E-state index in [4.69, 9.17) is 28.4 Å². The van der Waals surface area contributed by atoms with Crippen molar-refractivity contribution in [3.63, 3.8) is 0 Å². The number of aryl methyl sites for hydroxylation is 1. The first-order valence-electron chi connectivity index (χ1n) is 20.1. The third-order valence-electron chi connectivity index (χ3n) is 10.5. The van der Waals surface area contributed by atoms with Gasteiger partial charge in [-0.25, -0.2) is 14.4 Å². The van der Waals surface area contributed by atoms with E-state index < -0.39 is 23.9 Å². The summed E-state index contributed by atoms with van der Waals surface area (Å²) in [5.74, 6) is -0.0355. The topological polar surface area (TPSA) is 124 Å². The fourth-order valence-electron chi connectivity index (χ4n) is 7.22. The van der Waals surface area contributed by atoms with E-state index >= 15 is 0 Å². The highest BCUT2D eigenvalue weighted by Crippen LogP contribution is 2.50. The minimum atomic E-state index is -0.547. The molecule has 0 unspecified atom stereocenters. The zero-order valence-electron chi connectivity index (χ0n) is 33.9.